The fourth-order valence-electron chi connectivity index (χ4n) is 4.00. The second-order valence-electron chi connectivity index (χ2n) is 7.24. The van der Waals surface area contributed by atoms with Crippen LogP contribution >= 0.6 is 0 Å². The molecule has 22 heavy (non-hydrogen) atoms. The molecule has 0 bridgehead atoms. The minimum Gasteiger partial charge on any atom is -0.342 e. The highest BCUT2D eigenvalue weighted by Gasteiger charge is 2.36. The van der Waals surface area contributed by atoms with Crippen molar-refractivity contribution in [3.05, 3.63) is 47.0 Å². The van der Waals surface area contributed by atoms with Crippen molar-refractivity contribution in [2.45, 2.75) is 52.4 Å². The first-order chi connectivity index (χ1) is 10.6. The highest BCUT2D eigenvalue weighted by molar-refractivity contribution is 5.79. The number of aryl methyl sites for hydroxylation is 2. The van der Waals surface area contributed by atoms with E-state index in [1.807, 2.05) is 0 Å². The number of carbonyl (C=O) groups excluding carboxylic acids is 1. The van der Waals surface area contributed by atoms with E-state index in [1.165, 1.54) is 36.0 Å². The molecule has 1 aromatic rings. The first-order valence-corrected chi connectivity index (χ1v) is 8.57. The third-order valence-corrected chi connectivity index (χ3v) is 5.42. The van der Waals surface area contributed by atoms with Crippen molar-refractivity contribution in [2.75, 3.05) is 13.1 Å². The number of hydrogen-bond donors (Lipinski definition) is 0. The number of nitrogens with zero attached hydrogens (tertiary/aromatic N) is 1. The van der Waals surface area contributed by atoms with E-state index in [4.69, 9.17) is 0 Å². The molecular formula is C20H27NO. The van der Waals surface area contributed by atoms with Gasteiger partial charge < -0.3 is 4.90 Å². The van der Waals surface area contributed by atoms with Crippen molar-refractivity contribution in [1.29, 1.82) is 0 Å². The van der Waals surface area contributed by atoms with E-state index in [2.05, 4.69) is 49.1 Å². The van der Waals surface area contributed by atoms with Crippen LogP contribution in [0.1, 0.15) is 48.8 Å². The zero-order chi connectivity index (χ0) is 15.6. The molecule has 0 aromatic heterocycles. The molecule has 1 amide bonds. The van der Waals surface area contributed by atoms with Crippen LogP contribution in [0.15, 0.2) is 30.4 Å². The molecule has 1 heterocycles. The van der Waals surface area contributed by atoms with Gasteiger partial charge in [-0.3, -0.25) is 4.79 Å². The molecule has 0 radical (unpaired) electrons. The maximum atomic E-state index is 12.8. The van der Waals surface area contributed by atoms with Gasteiger partial charge in [-0.1, -0.05) is 35.9 Å². The highest BCUT2D eigenvalue weighted by atomic mass is 16.2. The van der Waals surface area contributed by atoms with Crippen LogP contribution in [0.2, 0.25) is 0 Å². The fraction of sp³-hybridized carbons (Fsp3) is 0.550. The highest BCUT2D eigenvalue weighted by Crippen LogP contribution is 2.40. The van der Waals surface area contributed by atoms with Gasteiger partial charge in [0.1, 0.15) is 0 Å². The summed E-state index contributed by atoms with van der Waals surface area (Å²) in [4.78, 5) is 14.9. The summed E-state index contributed by atoms with van der Waals surface area (Å²) in [6.07, 6.45) is 11.2. The van der Waals surface area contributed by atoms with Crippen LogP contribution in [0.25, 0.3) is 0 Å². The third-order valence-electron chi connectivity index (χ3n) is 5.42. The first-order valence-electron chi connectivity index (χ1n) is 8.57. The van der Waals surface area contributed by atoms with Crippen molar-refractivity contribution >= 4 is 5.91 Å². The smallest absolute Gasteiger partial charge is 0.227 e. The summed E-state index contributed by atoms with van der Waals surface area (Å²) in [5.74, 6) is 0.308. The minimum absolute atomic E-state index is 0.308. The van der Waals surface area contributed by atoms with Gasteiger partial charge in [0, 0.05) is 13.1 Å². The number of amides is 1. The Hall–Kier alpha value is -1.57. The molecule has 1 unspecified atom stereocenters. The van der Waals surface area contributed by atoms with E-state index in [1.54, 1.807) is 0 Å². The Morgan fingerprint density at radius 3 is 2.86 bits per heavy atom. The molecule has 1 aliphatic carbocycles. The Morgan fingerprint density at radius 1 is 1.23 bits per heavy atom. The summed E-state index contributed by atoms with van der Waals surface area (Å²) in [6, 6.07) is 6.41. The Bertz CT molecular complexity index is 589. The van der Waals surface area contributed by atoms with Crippen LogP contribution in [0.5, 0.6) is 0 Å². The van der Waals surface area contributed by atoms with Crippen molar-refractivity contribution in [3.8, 4) is 0 Å². The Balaban J connectivity index is 1.69. The average Bonchev–Trinajstić information content (AvgIpc) is 2.52. The van der Waals surface area contributed by atoms with Gasteiger partial charge in [-0.05, 0) is 62.5 Å². The molecule has 1 fully saturated rings. The number of likely N-dealkylation sites (tertiary alicyclic amines) is 1. The van der Waals surface area contributed by atoms with Crippen LogP contribution in [0, 0.1) is 19.3 Å². The van der Waals surface area contributed by atoms with E-state index in [-0.39, 0.29) is 0 Å². The molecule has 2 heteroatoms. The molecule has 1 spiro atoms. The number of hydrogen-bond acceptors (Lipinski definition) is 1. The second kappa shape index (κ2) is 6.28. The molecule has 2 aliphatic rings. The number of piperidine rings is 1. The molecule has 0 N–H and O–H groups in total. The van der Waals surface area contributed by atoms with Gasteiger partial charge in [0.05, 0.1) is 6.42 Å². The number of carbonyl (C=O) groups is 1. The quantitative estimate of drug-likeness (QED) is 0.749. The van der Waals surface area contributed by atoms with Gasteiger partial charge in [0.2, 0.25) is 5.91 Å². The van der Waals surface area contributed by atoms with Crippen LogP contribution in [-0.2, 0) is 11.2 Å². The van der Waals surface area contributed by atoms with Gasteiger partial charge in [-0.15, -0.1) is 0 Å². The molecule has 0 saturated carbocycles. The summed E-state index contributed by atoms with van der Waals surface area (Å²) in [5, 5.41) is 0. The first kappa shape index (κ1) is 15.3. The molecule has 1 aliphatic heterocycles. The topological polar surface area (TPSA) is 20.3 Å². The predicted molar refractivity (Wildman–Crippen MR) is 90.9 cm³/mol. The lowest BCUT2D eigenvalue weighted by Crippen LogP contribution is -2.47. The molecular weight excluding hydrogens is 270 g/mol. The lowest BCUT2D eigenvalue weighted by Gasteiger charge is -2.44. The van der Waals surface area contributed by atoms with E-state index in [0.717, 1.165) is 25.9 Å². The number of rotatable bonds is 2. The molecule has 2 nitrogen and oxygen atoms in total. The van der Waals surface area contributed by atoms with Crippen LogP contribution in [0.3, 0.4) is 0 Å². The largest absolute Gasteiger partial charge is 0.342 e. The zero-order valence-electron chi connectivity index (χ0n) is 13.9. The lowest BCUT2D eigenvalue weighted by atomic mass is 9.71. The standard InChI is InChI=1S/C20H27NO/c1-16-7-8-17(2)18(13-16)14-19(22)21-12-6-11-20(15-21)9-4-3-5-10-20/h3-4,7-8,13H,5-6,9-12,14-15H2,1-2H3. The fourth-order valence-corrected chi connectivity index (χ4v) is 4.00. The summed E-state index contributed by atoms with van der Waals surface area (Å²) in [7, 11) is 0. The van der Waals surface area contributed by atoms with Gasteiger partial charge in [0.15, 0.2) is 0 Å². The predicted octanol–water partition coefficient (Wildman–Crippen LogP) is 4.19. The summed E-state index contributed by atoms with van der Waals surface area (Å²) in [5.41, 5.74) is 4.02. The van der Waals surface area contributed by atoms with Crippen LogP contribution in [0.4, 0.5) is 0 Å². The van der Waals surface area contributed by atoms with Gasteiger partial charge >= 0.3 is 0 Å². The van der Waals surface area contributed by atoms with Crippen molar-refractivity contribution < 1.29 is 4.79 Å². The van der Waals surface area contributed by atoms with Crippen LogP contribution < -0.4 is 0 Å². The normalized spacial score (nSPS) is 24.7. The van der Waals surface area contributed by atoms with Crippen molar-refractivity contribution in [3.63, 3.8) is 0 Å². The molecule has 118 valence electrons. The zero-order valence-corrected chi connectivity index (χ0v) is 13.9. The Kier molecular flexibility index (Phi) is 4.37. The van der Waals surface area contributed by atoms with E-state index < -0.39 is 0 Å². The van der Waals surface area contributed by atoms with Crippen molar-refractivity contribution in [2.24, 2.45) is 5.41 Å². The van der Waals surface area contributed by atoms with Crippen LogP contribution in [-0.4, -0.2) is 23.9 Å². The van der Waals surface area contributed by atoms with Gasteiger partial charge in [0.25, 0.3) is 0 Å². The molecule has 3 rings (SSSR count). The Morgan fingerprint density at radius 2 is 2.09 bits per heavy atom. The van der Waals surface area contributed by atoms with E-state index in [0.29, 0.717) is 17.7 Å². The maximum absolute atomic E-state index is 12.8. The monoisotopic (exact) mass is 297 g/mol. The van der Waals surface area contributed by atoms with Crippen molar-refractivity contribution in [1.82, 2.24) is 4.90 Å². The molecule has 1 atom stereocenters. The minimum atomic E-state index is 0.308. The maximum Gasteiger partial charge on any atom is 0.227 e. The number of benzene rings is 1. The second-order valence-corrected chi connectivity index (χ2v) is 7.24. The number of allylic oxidation sites excluding steroid dienone is 2. The lowest BCUT2D eigenvalue weighted by molar-refractivity contribution is -0.134. The summed E-state index contributed by atoms with van der Waals surface area (Å²) >= 11 is 0. The average molecular weight is 297 g/mol. The van der Waals surface area contributed by atoms with E-state index >= 15 is 0 Å². The molecule has 1 aromatic carbocycles. The summed E-state index contributed by atoms with van der Waals surface area (Å²) in [6.45, 7) is 6.10. The van der Waals surface area contributed by atoms with Gasteiger partial charge in [-0.2, -0.15) is 0 Å². The SMILES string of the molecule is Cc1ccc(C)c(CC(=O)N2CCCC3(CC=CCC3)C2)c1. The molecule has 1 saturated heterocycles. The Labute approximate surface area is 134 Å². The summed E-state index contributed by atoms with van der Waals surface area (Å²) < 4.78 is 0. The van der Waals surface area contributed by atoms with Gasteiger partial charge in [-0.25, -0.2) is 0 Å². The third kappa shape index (κ3) is 3.26. The van der Waals surface area contributed by atoms with E-state index in [9.17, 15) is 4.79 Å².